The predicted octanol–water partition coefficient (Wildman–Crippen LogP) is -13.5. The second-order valence-electron chi connectivity index (χ2n) is 30.6. The van der Waals surface area contributed by atoms with E-state index in [0.717, 1.165) is 0 Å². The largest absolute Gasteiger partial charge is 0.481 e. The smallest absolute Gasteiger partial charge is 0.322 e. The average molecular weight is 1880 g/mol. The lowest BCUT2D eigenvalue weighted by Crippen LogP contribution is -2.61. The number of hydrogen-bond donors (Lipinski definition) is 40. The SMILES string of the molecule is CC(C)[C@H](NC(=O)C(CCC(=O)O)NNC(CC(=O)O)C(=O)O)C(=O)NC(CC(=O)O)C(=O)NCC(=O)NC(CCCNC(=N)N)C(=O)N[C@@H](CCCCN)C(=O)NC(CCCCN)C(=O)N[C@@H](CCCNC(=N)N)C(=O)NC(CCCNC(=N)N)C(=O)N[C@@H](CCC(N)=O)C(=O)NC(CCCNC(=N)N)C(=O)N[C@@H](CCCNC(=N)N)C(=O)N[C@@H](CCCNC(=N)N)C(=O)CN. The van der Waals surface area contributed by atoms with Crippen LogP contribution in [0.4, 0.5) is 0 Å². The molecule has 58 nitrogen and oxygen atoms in total. The molecule has 0 aromatic carbocycles. The number of amides is 13. The van der Waals surface area contributed by atoms with Crippen molar-refractivity contribution in [1.29, 1.82) is 32.5 Å². The van der Waals surface area contributed by atoms with E-state index in [1.54, 1.807) is 0 Å². The molecule has 0 bridgehead atoms. The van der Waals surface area contributed by atoms with E-state index in [9.17, 15) is 102 Å². The molecule has 0 rings (SSSR count). The Kier molecular flexibility index (Phi) is 59.4. The third-order valence-corrected chi connectivity index (χ3v) is 19.2. The van der Waals surface area contributed by atoms with Gasteiger partial charge in [0.25, 0.3) is 0 Å². The van der Waals surface area contributed by atoms with E-state index in [-0.39, 0.29) is 174 Å². The van der Waals surface area contributed by atoms with Crippen LogP contribution in [-0.4, -0.2) is 307 Å². The van der Waals surface area contributed by atoms with Crippen LogP contribution in [0.2, 0.25) is 0 Å². The molecule has 7 unspecified atom stereocenters. The van der Waals surface area contributed by atoms with Gasteiger partial charge in [-0.2, -0.15) is 0 Å². The van der Waals surface area contributed by atoms with Gasteiger partial charge in [0.1, 0.15) is 72.5 Å². The molecule has 0 fully saturated rings. The number of carbonyl (C=O) groups is 18. The topological polar surface area (TPSA) is 1030 Å². The van der Waals surface area contributed by atoms with Crippen LogP contribution in [0.25, 0.3) is 0 Å². The highest BCUT2D eigenvalue weighted by atomic mass is 16.4. The van der Waals surface area contributed by atoms with Crippen molar-refractivity contribution in [2.24, 2.45) is 63.3 Å². The van der Waals surface area contributed by atoms with Crippen LogP contribution in [0.5, 0.6) is 0 Å². The fourth-order valence-corrected chi connectivity index (χ4v) is 12.3. The third kappa shape index (κ3) is 54.4. The predicted molar refractivity (Wildman–Crippen MR) is 475 cm³/mol. The number of carboxylic acids is 4. The maximum atomic E-state index is 15.0. The number of nitrogens with one attached hydrogen (secondary N) is 26. The fourth-order valence-electron chi connectivity index (χ4n) is 12.3. The van der Waals surface area contributed by atoms with Crippen LogP contribution in [0.3, 0.4) is 0 Å². The Morgan fingerprint density at radius 3 is 0.818 bits per heavy atom. The molecule has 50 N–H and O–H groups in total. The van der Waals surface area contributed by atoms with Crippen molar-refractivity contribution in [2.45, 2.75) is 246 Å². The lowest BCUT2D eigenvalue weighted by molar-refractivity contribution is -0.146. The van der Waals surface area contributed by atoms with Crippen molar-refractivity contribution in [3.8, 4) is 0 Å². The van der Waals surface area contributed by atoms with E-state index in [4.69, 9.17) is 94.9 Å². The number of carbonyl (C=O) groups excluding carboxylic acids is 14. The van der Waals surface area contributed by atoms with Crippen molar-refractivity contribution in [2.75, 3.05) is 65.4 Å². The quantitative estimate of drug-likeness (QED) is 0.0116. The number of nitrogens with two attached hydrogens (primary N) is 10. The summed E-state index contributed by atoms with van der Waals surface area (Å²) in [6, 6.07) is -21.3. The van der Waals surface area contributed by atoms with Gasteiger partial charge in [-0.05, 0) is 147 Å². The number of hydrazine groups is 1. The van der Waals surface area contributed by atoms with Crippen molar-refractivity contribution in [3.05, 3.63) is 0 Å². The van der Waals surface area contributed by atoms with E-state index >= 15 is 0 Å². The van der Waals surface area contributed by atoms with E-state index in [2.05, 4.69) is 107 Å². The monoisotopic (exact) mass is 1880 g/mol. The zero-order valence-electron chi connectivity index (χ0n) is 74.0. The molecule has 0 saturated carbocycles. The molecular formula is C74H138N36O22. The summed E-state index contributed by atoms with van der Waals surface area (Å²) in [5.74, 6) is -24.6. The molecule has 0 aromatic rings. The highest BCUT2D eigenvalue weighted by Crippen LogP contribution is 2.14. The molecule has 0 spiro atoms. The summed E-state index contributed by atoms with van der Waals surface area (Å²) in [7, 11) is 0. The molecule has 0 aromatic heterocycles. The normalized spacial score (nSPS) is 13.8. The Balaban J connectivity index is 7.73. The van der Waals surface area contributed by atoms with Crippen LogP contribution in [-0.2, 0) is 86.3 Å². The maximum Gasteiger partial charge on any atom is 0.322 e. The van der Waals surface area contributed by atoms with Crippen LogP contribution >= 0.6 is 0 Å². The van der Waals surface area contributed by atoms with Gasteiger partial charge in [0.15, 0.2) is 41.5 Å². The number of rotatable bonds is 73. The van der Waals surface area contributed by atoms with Crippen LogP contribution < -0.4 is 164 Å². The van der Waals surface area contributed by atoms with Gasteiger partial charge in [-0.25, -0.2) is 10.9 Å². The van der Waals surface area contributed by atoms with Gasteiger partial charge in [0, 0.05) is 52.1 Å². The zero-order valence-corrected chi connectivity index (χ0v) is 74.0. The molecule has 0 saturated heterocycles. The average Bonchev–Trinajstić information content (AvgIpc) is 0.858. The van der Waals surface area contributed by atoms with Crippen LogP contribution in [0.1, 0.15) is 168 Å². The van der Waals surface area contributed by atoms with Gasteiger partial charge in [-0.15, -0.1) is 0 Å². The van der Waals surface area contributed by atoms with E-state index in [1.807, 2.05) is 0 Å². The number of unbranched alkanes of at least 4 members (excludes halogenated alkanes) is 2. The standard InChI is InChI=1S/C74H138N36O22/c1-37(2)56(108-66(129)47(22-24-53(114)115)109-110-49(68(131)132)34-55(118)119)67(130)107-48(33-54(116)117)57(120)97-36-52(113)98-39(16-8-28-92-70(81)82)58(121)100-40(13-3-5-25-75)60(123)101-41(14-4-6-26-76)61(124)103-43(18-10-30-94-72(85)86)62(125)104-45(20-12-32-96-74(89)90)64(127)106-46(21-23-51(78)112)65(128)105-44(19-11-31-95-73(87)88)63(126)102-42(17-9-29-93-71(83)84)59(122)99-38(50(111)35-77)15-7-27-91-69(79)80/h37-49,56,109-110H,3-36,75-77H2,1-2H3,(H2,78,112)(H,97,120)(H,98,113)(H,99,122)(H,100,121)(H,101,123)(H,102,126)(H,103,124)(H,104,125)(H,105,128)(H,106,127)(H,107,130)(H,108,129)(H,114,115)(H,116,117)(H,118,119)(H,131,132)(H4,79,80,91)(H4,81,82,92)(H4,83,84,93)(H4,85,86,94)(H4,87,88,95)(H4,89,90,96)/t38-,39?,40-,41?,42-,43-,44?,45?,46-,47?,48?,49?,56-/m0/s1. The summed E-state index contributed by atoms with van der Waals surface area (Å²) < 4.78 is 0. The Morgan fingerprint density at radius 1 is 0.273 bits per heavy atom. The summed E-state index contributed by atoms with van der Waals surface area (Å²) >= 11 is 0. The molecular weight excluding hydrogens is 1750 g/mol. The first-order valence-corrected chi connectivity index (χ1v) is 42.6. The van der Waals surface area contributed by atoms with Gasteiger partial charge in [-0.3, -0.25) is 119 Å². The maximum absolute atomic E-state index is 15.0. The van der Waals surface area contributed by atoms with Gasteiger partial charge >= 0.3 is 23.9 Å². The number of ketones is 1. The molecule has 58 heteroatoms. The first-order valence-electron chi connectivity index (χ1n) is 42.6. The van der Waals surface area contributed by atoms with E-state index in [0.29, 0.717) is 0 Å². The Hall–Kier alpha value is -13.9. The Bertz CT molecular complexity index is 3880. The van der Waals surface area contributed by atoms with Gasteiger partial charge in [0.2, 0.25) is 76.8 Å². The molecule has 132 heavy (non-hydrogen) atoms. The van der Waals surface area contributed by atoms with E-state index in [1.165, 1.54) is 13.8 Å². The van der Waals surface area contributed by atoms with Gasteiger partial charge < -0.3 is 173 Å². The molecule has 746 valence electrons. The van der Waals surface area contributed by atoms with Crippen molar-refractivity contribution in [3.63, 3.8) is 0 Å². The Morgan fingerprint density at radius 2 is 0.538 bits per heavy atom. The van der Waals surface area contributed by atoms with Crippen LogP contribution in [0, 0.1) is 38.4 Å². The lowest BCUT2D eigenvalue weighted by Gasteiger charge is -2.28. The molecule has 0 aliphatic carbocycles. The van der Waals surface area contributed by atoms with Crippen LogP contribution in [0.15, 0.2) is 0 Å². The molecule has 0 heterocycles. The zero-order chi connectivity index (χ0) is 100. The number of hydrogen-bond acceptors (Lipinski definition) is 29. The summed E-state index contributed by atoms with van der Waals surface area (Å²) in [5, 5.41) is 129. The summed E-state index contributed by atoms with van der Waals surface area (Å²) in [6.45, 7) is 1.24. The molecule has 0 aliphatic rings. The van der Waals surface area contributed by atoms with E-state index < -0.39 is 272 Å². The minimum atomic E-state index is -2.00. The second kappa shape index (κ2) is 66.5. The highest BCUT2D eigenvalue weighted by molar-refractivity contribution is 6.01. The lowest BCUT2D eigenvalue weighted by atomic mass is 10.0. The minimum absolute atomic E-state index is 0.00132. The van der Waals surface area contributed by atoms with Gasteiger partial charge in [0.05, 0.1) is 32.0 Å². The number of guanidine groups is 6. The number of carboxylic acid groups (broad SMARTS) is 4. The number of primary amides is 1. The first-order chi connectivity index (χ1) is 62.2. The fraction of sp³-hybridized carbons (Fsp3) is 0.676. The summed E-state index contributed by atoms with van der Waals surface area (Å²) in [4.78, 5) is 245. The van der Waals surface area contributed by atoms with Crippen molar-refractivity contribution >= 4 is 142 Å². The molecule has 0 aliphatic heterocycles. The second-order valence-corrected chi connectivity index (χ2v) is 30.6. The molecule has 13 amide bonds. The number of Topliss-reactive ketones (excluding diaryl/α,β-unsaturated/α-hetero) is 1. The third-order valence-electron chi connectivity index (χ3n) is 19.2. The minimum Gasteiger partial charge on any atom is -0.481 e. The summed E-state index contributed by atoms with van der Waals surface area (Å²) in [5.41, 5.74) is 60.3. The Labute approximate surface area is 760 Å². The molecule has 13 atom stereocenters. The molecule has 0 radical (unpaired) electrons. The van der Waals surface area contributed by atoms with Crippen molar-refractivity contribution < 1.29 is 107 Å². The van der Waals surface area contributed by atoms with Crippen molar-refractivity contribution in [1.82, 2.24) is 107 Å². The number of aliphatic carboxylic acids is 4. The van der Waals surface area contributed by atoms with Gasteiger partial charge in [-0.1, -0.05) is 13.8 Å². The summed E-state index contributed by atoms with van der Waals surface area (Å²) in [6.07, 6.45) is -5.42. The highest BCUT2D eigenvalue weighted by Gasteiger charge is 2.38. The first kappa shape index (κ1) is 118.